The Morgan fingerprint density at radius 3 is 2.59 bits per heavy atom. The summed E-state index contributed by atoms with van der Waals surface area (Å²) in [7, 11) is 0. The molecule has 4 heteroatoms. The Kier molecular flexibility index (Phi) is 4.57. The molecule has 2 rings (SSSR count). The van der Waals surface area contributed by atoms with Crippen molar-refractivity contribution < 1.29 is 10.2 Å². The number of nitrogens with zero attached hydrogens (tertiary/aromatic N) is 2. The predicted molar refractivity (Wildman–Crippen MR) is 65.7 cm³/mol. The summed E-state index contributed by atoms with van der Waals surface area (Å²) in [5, 5.41) is 22.7. The number of hydrogen-bond acceptors (Lipinski definition) is 3. The van der Waals surface area contributed by atoms with Gasteiger partial charge in [-0.05, 0) is 25.3 Å². The second-order valence-electron chi connectivity index (χ2n) is 5.01. The van der Waals surface area contributed by atoms with Crippen LogP contribution in [-0.2, 0) is 6.42 Å². The molecule has 96 valence electrons. The number of aliphatic hydroxyl groups is 2. The third-order valence-corrected chi connectivity index (χ3v) is 3.63. The smallest absolute Gasteiger partial charge is 0.0629 e. The van der Waals surface area contributed by atoms with Crippen molar-refractivity contribution in [1.82, 2.24) is 9.78 Å². The average molecular weight is 238 g/mol. The van der Waals surface area contributed by atoms with E-state index in [9.17, 15) is 0 Å². The lowest BCUT2D eigenvalue weighted by Gasteiger charge is -2.21. The van der Waals surface area contributed by atoms with E-state index < -0.39 is 0 Å². The van der Waals surface area contributed by atoms with Crippen LogP contribution in [0.1, 0.15) is 43.8 Å². The summed E-state index contributed by atoms with van der Waals surface area (Å²) in [5.41, 5.74) is 0.976. The van der Waals surface area contributed by atoms with Crippen LogP contribution in [0.15, 0.2) is 12.3 Å². The van der Waals surface area contributed by atoms with Crippen LogP contribution < -0.4 is 0 Å². The van der Waals surface area contributed by atoms with E-state index in [4.69, 9.17) is 10.2 Å². The fourth-order valence-corrected chi connectivity index (χ4v) is 2.52. The van der Waals surface area contributed by atoms with Gasteiger partial charge in [-0.2, -0.15) is 5.10 Å². The van der Waals surface area contributed by atoms with Gasteiger partial charge >= 0.3 is 0 Å². The average Bonchev–Trinajstić information content (AvgIpc) is 2.85. The first kappa shape index (κ1) is 12.6. The lowest BCUT2D eigenvalue weighted by Crippen LogP contribution is -2.16. The van der Waals surface area contributed by atoms with Crippen LogP contribution in [0.3, 0.4) is 0 Å². The summed E-state index contributed by atoms with van der Waals surface area (Å²) in [6.45, 7) is 0.0412. The summed E-state index contributed by atoms with van der Waals surface area (Å²) in [5.74, 6) is -0.0790. The Bertz CT molecular complexity index is 328. The number of aliphatic hydroxyl groups excluding tert-OH is 2. The fraction of sp³-hybridized carbons (Fsp3) is 0.769. The maximum absolute atomic E-state index is 9.05. The highest BCUT2D eigenvalue weighted by molar-refractivity contribution is 5.01. The minimum absolute atomic E-state index is 0.0206. The highest BCUT2D eigenvalue weighted by Gasteiger charge is 2.16. The van der Waals surface area contributed by atoms with Gasteiger partial charge in [-0.25, -0.2) is 0 Å². The molecule has 1 aliphatic rings. The standard InChI is InChI=1S/C13H22N2O2/c16-9-11(10-17)8-12-6-7-15(14-12)13-4-2-1-3-5-13/h6-7,11,13,16-17H,1-5,8-10H2. The molecule has 1 aromatic rings. The zero-order valence-electron chi connectivity index (χ0n) is 10.3. The van der Waals surface area contributed by atoms with Crippen LogP contribution in [-0.4, -0.2) is 33.2 Å². The number of rotatable bonds is 5. The molecule has 1 saturated carbocycles. The van der Waals surface area contributed by atoms with E-state index >= 15 is 0 Å². The van der Waals surface area contributed by atoms with Crippen LogP contribution in [0.5, 0.6) is 0 Å². The number of aromatic nitrogens is 2. The third kappa shape index (κ3) is 3.30. The summed E-state index contributed by atoms with van der Waals surface area (Å²) < 4.78 is 2.07. The molecule has 1 aromatic heterocycles. The molecule has 4 nitrogen and oxygen atoms in total. The first-order valence-electron chi connectivity index (χ1n) is 6.59. The lowest BCUT2D eigenvalue weighted by molar-refractivity contribution is 0.149. The Hall–Kier alpha value is -0.870. The van der Waals surface area contributed by atoms with E-state index in [1.54, 1.807) is 0 Å². The zero-order chi connectivity index (χ0) is 12.1. The molecule has 0 aromatic carbocycles. The van der Waals surface area contributed by atoms with Crippen molar-refractivity contribution in [2.24, 2.45) is 5.92 Å². The van der Waals surface area contributed by atoms with Crippen LogP contribution in [0.2, 0.25) is 0 Å². The van der Waals surface area contributed by atoms with E-state index in [2.05, 4.69) is 9.78 Å². The van der Waals surface area contributed by atoms with Gasteiger partial charge in [0.2, 0.25) is 0 Å². The van der Waals surface area contributed by atoms with E-state index in [1.807, 2.05) is 12.3 Å². The van der Waals surface area contributed by atoms with Crippen LogP contribution in [0.25, 0.3) is 0 Å². The second kappa shape index (κ2) is 6.17. The normalized spacial score (nSPS) is 17.8. The first-order valence-corrected chi connectivity index (χ1v) is 6.59. The molecular formula is C13H22N2O2. The molecule has 0 aliphatic heterocycles. The second-order valence-corrected chi connectivity index (χ2v) is 5.01. The summed E-state index contributed by atoms with van der Waals surface area (Å²) in [6, 6.07) is 2.56. The monoisotopic (exact) mass is 238 g/mol. The Morgan fingerprint density at radius 2 is 1.94 bits per heavy atom. The van der Waals surface area contributed by atoms with Gasteiger partial charge in [-0.1, -0.05) is 19.3 Å². The Balaban J connectivity index is 1.94. The lowest BCUT2D eigenvalue weighted by atomic mass is 9.96. The largest absolute Gasteiger partial charge is 0.396 e. The van der Waals surface area contributed by atoms with Gasteiger partial charge in [0.1, 0.15) is 0 Å². The zero-order valence-corrected chi connectivity index (χ0v) is 10.3. The first-order chi connectivity index (χ1) is 8.33. The van der Waals surface area contributed by atoms with Gasteiger partial charge in [0, 0.05) is 25.3 Å². The van der Waals surface area contributed by atoms with E-state index in [0.29, 0.717) is 12.5 Å². The maximum Gasteiger partial charge on any atom is 0.0629 e. The minimum Gasteiger partial charge on any atom is -0.396 e. The molecule has 1 fully saturated rings. The van der Waals surface area contributed by atoms with Gasteiger partial charge in [-0.15, -0.1) is 0 Å². The van der Waals surface area contributed by atoms with Crippen molar-refractivity contribution in [2.45, 2.75) is 44.6 Å². The predicted octanol–water partition coefficient (Wildman–Crippen LogP) is 1.53. The molecule has 0 bridgehead atoms. The van der Waals surface area contributed by atoms with E-state index in [0.717, 1.165) is 5.69 Å². The molecule has 0 unspecified atom stereocenters. The van der Waals surface area contributed by atoms with Crippen molar-refractivity contribution in [2.75, 3.05) is 13.2 Å². The van der Waals surface area contributed by atoms with Crippen LogP contribution in [0.4, 0.5) is 0 Å². The molecule has 0 amide bonds. The highest BCUT2D eigenvalue weighted by atomic mass is 16.3. The molecule has 0 spiro atoms. The van der Waals surface area contributed by atoms with Gasteiger partial charge in [-0.3, -0.25) is 4.68 Å². The van der Waals surface area contributed by atoms with Crippen molar-refractivity contribution >= 4 is 0 Å². The van der Waals surface area contributed by atoms with Crippen LogP contribution >= 0.6 is 0 Å². The third-order valence-electron chi connectivity index (χ3n) is 3.63. The van der Waals surface area contributed by atoms with Crippen molar-refractivity contribution in [1.29, 1.82) is 0 Å². The molecule has 0 saturated heterocycles. The molecular weight excluding hydrogens is 216 g/mol. The van der Waals surface area contributed by atoms with Gasteiger partial charge < -0.3 is 10.2 Å². The Labute approximate surface area is 102 Å². The van der Waals surface area contributed by atoms with Gasteiger partial charge in [0.15, 0.2) is 0 Å². The molecule has 1 heterocycles. The summed E-state index contributed by atoms with van der Waals surface area (Å²) >= 11 is 0. The molecule has 0 atom stereocenters. The van der Waals surface area contributed by atoms with E-state index in [-0.39, 0.29) is 19.1 Å². The SMILES string of the molecule is OCC(CO)Cc1ccn(C2CCCCC2)n1. The summed E-state index contributed by atoms with van der Waals surface area (Å²) in [4.78, 5) is 0. The molecule has 17 heavy (non-hydrogen) atoms. The summed E-state index contributed by atoms with van der Waals surface area (Å²) in [6.07, 6.45) is 9.10. The van der Waals surface area contributed by atoms with E-state index in [1.165, 1.54) is 32.1 Å². The van der Waals surface area contributed by atoms with Crippen LogP contribution in [0, 0.1) is 5.92 Å². The fourth-order valence-electron chi connectivity index (χ4n) is 2.52. The molecule has 0 radical (unpaired) electrons. The highest BCUT2D eigenvalue weighted by Crippen LogP contribution is 2.27. The molecule has 1 aliphatic carbocycles. The van der Waals surface area contributed by atoms with Gasteiger partial charge in [0.25, 0.3) is 0 Å². The Morgan fingerprint density at radius 1 is 1.24 bits per heavy atom. The van der Waals surface area contributed by atoms with Crippen molar-refractivity contribution in [3.05, 3.63) is 18.0 Å². The van der Waals surface area contributed by atoms with Gasteiger partial charge in [0.05, 0.1) is 11.7 Å². The van der Waals surface area contributed by atoms with Crippen molar-refractivity contribution in [3.8, 4) is 0 Å². The molecule has 2 N–H and O–H groups in total. The quantitative estimate of drug-likeness (QED) is 0.818. The topological polar surface area (TPSA) is 58.3 Å². The minimum atomic E-state index is -0.0790. The maximum atomic E-state index is 9.05. The number of hydrogen-bond donors (Lipinski definition) is 2. The van der Waals surface area contributed by atoms with Crippen molar-refractivity contribution in [3.63, 3.8) is 0 Å².